The van der Waals surface area contributed by atoms with Gasteiger partial charge in [-0.05, 0) is 67.5 Å². The molecule has 0 atom stereocenters. The van der Waals surface area contributed by atoms with Crippen LogP contribution in [0.15, 0.2) is 79.4 Å². The fraction of sp³-hybridized carbons (Fsp3) is 0.286. The second-order valence-electron chi connectivity index (χ2n) is 6.55. The molecule has 0 aromatic heterocycles. The van der Waals surface area contributed by atoms with Gasteiger partial charge in [-0.2, -0.15) is 13.5 Å². The molecule has 0 heterocycles. The van der Waals surface area contributed by atoms with E-state index in [4.69, 9.17) is 5.11 Å². The van der Waals surface area contributed by atoms with Crippen molar-refractivity contribution in [2.75, 3.05) is 6.61 Å². The Bertz CT molecular complexity index is 814. The van der Waals surface area contributed by atoms with Crippen LogP contribution in [-0.2, 0) is 6.42 Å². The van der Waals surface area contributed by atoms with Crippen molar-refractivity contribution in [3.05, 3.63) is 113 Å². The first-order valence-corrected chi connectivity index (χ1v) is 9.35. The van der Waals surface area contributed by atoms with Gasteiger partial charge in [0.15, 0.2) is 0 Å². The van der Waals surface area contributed by atoms with Gasteiger partial charge in [0.2, 0.25) is 0 Å². The molecule has 0 saturated heterocycles. The Morgan fingerprint density at radius 2 is 1.06 bits per heavy atom. The van der Waals surface area contributed by atoms with E-state index < -0.39 is 0 Å². The molecule has 2 nitrogen and oxygen atoms in total. The van der Waals surface area contributed by atoms with E-state index in [1.165, 1.54) is 33.4 Å². The molecule has 3 aromatic carbocycles. The van der Waals surface area contributed by atoms with Crippen molar-refractivity contribution < 1.29 is 62.0 Å². The van der Waals surface area contributed by atoms with Crippen molar-refractivity contribution in [1.29, 1.82) is 0 Å². The molecule has 0 radical (unpaired) electrons. The van der Waals surface area contributed by atoms with Crippen LogP contribution in [0.5, 0.6) is 0 Å². The van der Waals surface area contributed by atoms with Crippen LogP contribution in [0.1, 0.15) is 48.2 Å². The average Bonchev–Trinajstić information content (AvgIpc) is 2.68. The second-order valence-corrected chi connectivity index (χ2v) is 6.55. The van der Waals surface area contributed by atoms with Crippen LogP contribution in [0.2, 0.25) is 0 Å². The van der Waals surface area contributed by atoms with Crippen molar-refractivity contribution in [2.24, 2.45) is 0 Å². The minimum absolute atomic E-state index is 0. The third-order valence-corrected chi connectivity index (χ3v) is 4.48. The number of benzene rings is 3. The summed E-state index contributed by atoms with van der Waals surface area (Å²) in [4.78, 5) is 0. The van der Waals surface area contributed by atoms with Gasteiger partial charge in [0.25, 0.3) is 0 Å². The molecule has 32 heavy (non-hydrogen) atoms. The van der Waals surface area contributed by atoms with Crippen LogP contribution in [-0.4, -0.2) is 17.2 Å². The maximum absolute atomic E-state index is 8.64. The Morgan fingerprint density at radius 1 is 0.688 bits per heavy atom. The van der Waals surface area contributed by atoms with Crippen molar-refractivity contribution in [1.82, 2.24) is 0 Å². The summed E-state index contributed by atoms with van der Waals surface area (Å²) in [6, 6.07) is 24.7. The van der Waals surface area contributed by atoms with E-state index in [1.807, 2.05) is 36.4 Å². The van der Waals surface area contributed by atoms with Gasteiger partial charge in [0.05, 0.1) is 0 Å². The Kier molecular flexibility index (Phi) is 32.4. The summed E-state index contributed by atoms with van der Waals surface area (Å²) in [5.41, 5.74) is 7.74. The first-order chi connectivity index (χ1) is 13.0. The second kappa shape index (κ2) is 24.9. The van der Waals surface area contributed by atoms with E-state index in [0.29, 0.717) is 0 Å². The summed E-state index contributed by atoms with van der Waals surface area (Å²) >= 11 is 0. The third-order valence-electron chi connectivity index (χ3n) is 4.48. The number of hydrogen-bond donors (Lipinski definition) is 1. The van der Waals surface area contributed by atoms with E-state index in [9.17, 15) is 0 Å². The third kappa shape index (κ3) is 16.9. The van der Waals surface area contributed by atoms with Crippen LogP contribution < -0.4 is 51.4 Å². The Hall–Kier alpha value is -0.694. The van der Waals surface area contributed by atoms with E-state index in [0.717, 1.165) is 6.42 Å². The zero-order valence-electron chi connectivity index (χ0n) is 19.0. The first kappa shape index (κ1) is 41.6. The van der Waals surface area contributed by atoms with Crippen LogP contribution in [0.3, 0.4) is 0 Å². The molecule has 0 unspecified atom stereocenters. The van der Waals surface area contributed by atoms with Crippen LogP contribution in [0, 0.1) is 27.7 Å². The van der Waals surface area contributed by atoms with Gasteiger partial charge in [-0.1, -0.05) is 100 Å². The summed E-state index contributed by atoms with van der Waals surface area (Å²) in [6.07, 6.45) is 2.64. The minimum atomic E-state index is 0. The predicted octanol–water partition coefficient (Wildman–Crippen LogP) is 4.68. The van der Waals surface area contributed by atoms with E-state index >= 15 is 0 Å². The molecule has 0 aliphatic carbocycles. The molecular formula is C28H43KO2S. The number of rotatable bonds is 3. The SMILES string of the molecule is C.C.C=Cc1ccccc1C.Cc1ccccc1C.Cc1ccccc1CCO.S.[K+].[OH-]. The fourth-order valence-electron chi connectivity index (χ4n) is 2.49. The molecule has 2 N–H and O–H groups in total. The summed E-state index contributed by atoms with van der Waals surface area (Å²) in [6.45, 7) is 12.3. The molecule has 4 heteroatoms. The van der Waals surface area contributed by atoms with Gasteiger partial charge < -0.3 is 10.6 Å². The smallest absolute Gasteiger partial charge is 0.870 e. The molecule has 0 spiro atoms. The summed E-state index contributed by atoms with van der Waals surface area (Å²) in [7, 11) is 0. The van der Waals surface area contributed by atoms with Gasteiger partial charge in [-0.3, -0.25) is 0 Å². The largest absolute Gasteiger partial charge is 1.00 e. The summed E-state index contributed by atoms with van der Waals surface area (Å²) in [5.74, 6) is 0. The molecule has 3 rings (SSSR count). The molecule has 0 saturated carbocycles. The quantitative estimate of drug-likeness (QED) is 0.551. The van der Waals surface area contributed by atoms with Crippen molar-refractivity contribution >= 4 is 19.6 Å². The van der Waals surface area contributed by atoms with Gasteiger partial charge in [0.1, 0.15) is 0 Å². The molecule has 0 bridgehead atoms. The van der Waals surface area contributed by atoms with E-state index in [-0.39, 0.29) is 91.8 Å². The van der Waals surface area contributed by atoms with E-state index in [1.54, 1.807) is 0 Å². The Morgan fingerprint density at radius 3 is 1.38 bits per heavy atom. The maximum Gasteiger partial charge on any atom is 1.00 e. The topological polar surface area (TPSA) is 50.2 Å². The van der Waals surface area contributed by atoms with Gasteiger partial charge in [-0.25, -0.2) is 0 Å². The van der Waals surface area contributed by atoms with Crippen molar-refractivity contribution in [2.45, 2.75) is 49.0 Å². The average molecular weight is 483 g/mol. The minimum Gasteiger partial charge on any atom is -0.870 e. The van der Waals surface area contributed by atoms with Gasteiger partial charge >= 0.3 is 51.4 Å². The van der Waals surface area contributed by atoms with Crippen molar-refractivity contribution in [3.63, 3.8) is 0 Å². The number of aryl methyl sites for hydroxylation is 4. The normalized spacial score (nSPS) is 7.91. The van der Waals surface area contributed by atoms with Gasteiger partial charge in [-0.15, -0.1) is 0 Å². The summed E-state index contributed by atoms with van der Waals surface area (Å²) < 4.78 is 0. The predicted molar refractivity (Wildman–Crippen MR) is 145 cm³/mol. The standard InChI is InChI=1S/C9H12O.C9H10.C8H10.2CH4.K.H2O.H2S/c1-8-4-2-3-5-9(8)6-7-10;1-3-9-7-5-4-6-8(9)2;1-7-5-3-4-6-8(7)2;;;;;/h2-5,10H,6-7H2,1H3;3-7H,1H2,2H3;3-6H,1-2H3;2*1H4;;2*1H2/q;;;;;+1;;/p-1. The molecule has 0 aliphatic heterocycles. The first-order valence-electron chi connectivity index (χ1n) is 9.35. The summed E-state index contributed by atoms with van der Waals surface area (Å²) in [5, 5.41) is 8.64. The molecule has 0 aliphatic rings. The molecule has 174 valence electrons. The Balaban J connectivity index is -0.000000106. The molecule has 0 fully saturated rings. The Labute approximate surface area is 247 Å². The molecular weight excluding hydrogens is 439 g/mol. The fourth-order valence-corrected chi connectivity index (χ4v) is 2.49. The zero-order valence-corrected chi connectivity index (χ0v) is 23.1. The number of hydrogen-bond acceptors (Lipinski definition) is 2. The number of aliphatic hydroxyl groups excluding tert-OH is 1. The number of aliphatic hydroxyl groups is 1. The van der Waals surface area contributed by atoms with Crippen LogP contribution >= 0.6 is 13.5 Å². The van der Waals surface area contributed by atoms with E-state index in [2.05, 4.69) is 76.7 Å². The molecule has 0 amide bonds. The molecule has 3 aromatic rings. The van der Waals surface area contributed by atoms with Crippen LogP contribution in [0.25, 0.3) is 6.08 Å². The zero-order chi connectivity index (χ0) is 20.1. The van der Waals surface area contributed by atoms with Gasteiger partial charge in [0, 0.05) is 6.61 Å². The monoisotopic (exact) mass is 482 g/mol. The van der Waals surface area contributed by atoms with Crippen LogP contribution in [0.4, 0.5) is 0 Å². The van der Waals surface area contributed by atoms with Crippen molar-refractivity contribution in [3.8, 4) is 0 Å². The maximum atomic E-state index is 8.64.